The van der Waals surface area contributed by atoms with Crippen LogP contribution in [0.2, 0.25) is 0 Å². The van der Waals surface area contributed by atoms with Crippen LogP contribution in [0.5, 0.6) is 0 Å². The molecule has 0 aliphatic heterocycles. The van der Waals surface area contributed by atoms with Crippen LogP contribution in [0.25, 0.3) is 0 Å². The third-order valence-corrected chi connectivity index (χ3v) is 5.72. The van der Waals surface area contributed by atoms with Gasteiger partial charge < -0.3 is 10.6 Å². The minimum atomic E-state index is 0.557. The molecule has 0 aromatic rings. The maximum atomic E-state index is 5.47. The molecule has 2 bridgehead atoms. The van der Waals surface area contributed by atoms with Crippen molar-refractivity contribution >= 4 is 17.3 Å². The van der Waals surface area contributed by atoms with Crippen molar-refractivity contribution in [3.8, 4) is 0 Å². The Balaban J connectivity index is 1.45. The van der Waals surface area contributed by atoms with Crippen LogP contribution in [0.15, 0.2) is 0 Å². The molecule has 3 fully saturated rings. The van der Waals surface area contributed by atoms with Gasteiger partial charge >= 0.3 is 0 Å². The summed E-state index contributed by atoms with van der Waals surface area (Å²) in [6.45, 7) is 2.33. The third kappa shape index (κ3) is 2.66. The van der Waals surface area contributed by atoms with Crippen molar-refractivity contribution in [3.63, 3.8) is 0 Å². The van der Waals surface area contributed by atoms with Gasteiger partial charge in [-0.2, -0.15) is 0 Å². The van der Waals surface area contributed by atoms with Gasteiger partial charge in [0.05, 0.1) is 0 Å². The molecular weight excluding hydrogens is 240 g/mol. The Hall–Kier alpha value is -0.310. The first-order valence-electron chi connectivity index (χ1n) is 7.79. The zero-order valence-electron chi connectivity index (χ0n) is 11.5. The molecule has 0 spiro atoms. The molecule has 0 aromatic heterocycles. The van der Waals surface area contributed by atoms with Gasteiger partial charge in [-0.3, -0.25) is 0 Å². The van der Waals surface area contributed by atoms with E-state index < -0.39 is 0 Å². The van der Waals surface area contributed by atoms with Crippen molar-refractivity contribution in [3.05, 3.63) is 0 Å². The highest BCUT2D eigenvalue weighted by molar-refractivity contribution is 7.80. The van der Waals surface area contributed by atoms with Gasteiger partial charge in [0.25, 0.3) is 0 Å². The first-order valence-corrected chi connectivity index (χ1v) is 8.20. The van der Waals surface area contributed by atoms with E-state index in [9.17, 15) is 0 Å². The molecule has 0 heterocycles. The van der Waals surface area contributed by atoms with Gasteiger partial charge in [0, 0.05) is 12.1 Å². The van der Waals surface area contributed by atoms with Gasteiger partial charge in [0.15, 0.2) is 5.11 Å². The lowest BCUT2D eigenvalue weighted by atomic mass is 9.84. The smallest absolute Gasteiger partial charge is 0.166 e. The molecule has 18 heavy (non-hydrogen) atoms. The topological polar surface area (TPSA) is 24.1 Å². The Morgan fingerprint density at radius 3 is 2.50 bits per heavy atom. The van der Waals surface area contributed by atoms with E-state index in [1.165, 1.54) is 51.4 Å². The summed E-state index contributed by atoms with van der Waals surface area (Å²) in [7, 11) is 0. The minimum absolute atomic E-state index is 0.557. The first kappa shape index (κ1) is 12.7. The number of hydrogen-bond acceptors (Lipinski definition) is 1. The predicted octanol–water partition coefficient (Wildman–Crippen LogP) is 3.22. The van der Waals surface area contributed by atoms with Gasteiger partial charge in [-0.25, -0.2) is 0 Å². The standard InChI is InChI=1S/C15H26N2S/c1-10(14-9-11-6-7-12(14)8-11)16-15(18)17-13-4-2-3-5-13/h10-14H,2-9H2,1H3,(H2,16,17,18). The minimum Gasteiger partial charge on any atom is -0.360 e. The fourth-order valence-corrected chi connectivity index (χ4v) is 4.87. The second-order valence-electron chi connectivity index (χ2n) is 6.73. The van der Waals surface area contributed by atoms with Gasteiger partial charge in [-0.1, -0.05) is 19.3 Å². The molecular formula is C15H26N2S. The first-order chi connectivity index (χ1) is 8.72. The molecule has 3 aliphatic rings. The predicted molar refractivity (Wildman–Crippen MR) is 79.5 cm³/mol. The molecule has 102 valence electrons. The summed E-state index contributed by atoms with van der Waals surface area (Å²) in [4.78, 5) is 0. The van der Waals surface area contributed by atoms with Crippen LogP contribution in [0.1, 0.15) is 58.3 Å². The molecule has 2 nitrogen and oxygen atoms in total. The van der Waals surface area contributed by atoms with Gasteiger partial charge in [0.2, 0.25) is 0 Å². The molecule has 3 aliphatic carbocycles. The van der Waals surface area contributed by atoms with E-state index in [1.807, 2.05) is 0 Å². The second kappa shape index (κ2) is 5.36. The maximum Gasteiger partial charge on any atom is 0.166 e. The van der Waals surface area contributed by atoms with Crippen LogP contribution in [0.4, 0.5) is 0 Å². The van der Waals surface area contributed by atoms with Crippen LogP contribution in [0.3, 0.4) is 0 Å². The van der Waals surface area contributed by atoms with Crippen molar-refractivity contribution in [2.75, 3.05) is 0 Å². The average molecular weight is 266 g/mol. The summed E-state index contributed by atoms with van der Waals surface area (Å²) in [5.41, 5.74) is 0. The maximum absolute atomic E-state index is 5.47. The molecule has 0 saturated heterocycles. The van der Waals surface area contributed by atoms with Crippen LogP contribution in [-0.4, -0.2) is 17.2 Å². The molecule has 4 atom stereocenters. The van der Waals surface area contributed by atoms with Crippen LogP contribution in [0, 0.1) is 17.8 Å². The lowest BCUT2D eigenvalue weighted by Gasteiger charge is -2.30. The second-order valence-corrected chi connectivity index (χ2v) is 7.13. The van der Waals surface area contributed by atoms with E-state index in [2.05, 4.69) is 17.6 Å². The monoisotopic (exact) mass is 266 g/mol. The van der Waals surface area contributed by atoms with Crippen molar-refractivity contribution in [1.82, 2.24) is 10.6 Å². The van der Waals surface area contributed by atoms with Crippen molar-refractivity contribution in [2.24, 2.45) is 17.8 Å². The molecule has 2 N–H and O–H groups in total. The van der Waals surface area contributed by atoms with E-state index in [0.29, 0.717) is 12.1 Å². The SMILES string of the molecule is CC(NC(=S)NC1CCCC1)C1CC2CCC1C2. The number of fused-ring (bicyclic) bond motifs is 2. The molecule has 3 heteroatoms. The van der Waals surface area contributed by atoms with Crippen LogP contribution < -0.4 is 10.6 Å². The molecule has 0 radical (unpaired) electrons. The lowest BCUT2D eigenvalue weighted by molar-refractivity contribution is 0.278. The van der Waals surface area contributed by atoms with Crippen molar-refractivity contribution in [2.45, 2.75) is 70.4 Å². The summed E-state index contributed by atoms with van der Waals surface area (Å²) >= 11 is 5.47. The average Bonchev–Trinajstić information content (AvgIpc) is 3.04. The van der Waals surface area contributed by atoms with E-state index in [1.54, 1.807) is 0 Å². The van der Waals surface area contributed by atoms with E-state index >= 15 is 0 Å². The highest BCUT2D eigenvalue weighted by Gasteiger charge is 2.41. The van der Waals surface area contributed by atoms with Crippen molar-refractivity contribution in [1.29, 1.82) is 0 Å². The summed E-state index contributed by atoms with van der Waals surface area (Å²) < 4.78 is 0. The highest BCUT2D eigenvalue weighted by atomic mass is 32.1. The van der Waals surface area contributed by atoms with Crippen LogP contribution >= 0.6 is 12.2 Å². The molecule has 4 unspecified atom stereocenters. The van der Waals surface area contributed by atoms with Gasteiger partial charge in [-0.15, -0.1) is 0 Å². The number of rotatable bonds is 3. The van der Waals surface area contributed by atoms with Crippen molar-refractivity contribution < 1.29 is 0 Å². The summed E-state index contributed by atoms with van der Waals surface area (Å²) in [5.74, 6) is 2.87. The molecule has 0 aromatic carbocycles. The Morgan fingerprint density at radius 1 is 1.11 bits per heavy atom. The molecule has 0 amide bonds. The van der Waals surface area contributed by atoms with E-state index in [0.717, 1.165) is 22.9 Å². The summed E-state index contributed by atoms with van der Waals surface area (Å²) in [5, 5.41) is 7.95. The zero-order chi connectivity index (χ0) is 12.5. The van der Waals surface area contributed by atoms with E-state index in [-0.39, 0.29) is 0 Å². The Bertz CT molecular complexity index is 312. The van der Waals surface area contributed by atoms with Gasteiger partial charge in [-0.05, 0) is 69.0 Å². The number of hydrogen-bond donors (Lipinski definition) is 2. The Labute approximate surface area is 116 Å². The third-order valence-electron chi connectivity index (χ3n) is 5.48. The van der Waals surface area contributed by atoms with Gasteiger partial charge in [0.1, 0.15) is 0 Å². The fourth-order valence-electron chi connectivity index (χ4n) is 4.52. The van der Waals surface area contributed by atoms with E-state index in [4.69, 9.17) is 12.2 Å². The quantitative estimate of drug-likeness (QED) is 0.767. The normalized spacial score (nSPS) is 36.8. The Morgan fingerprint density at radius 2 is 1.89 bits per heavy atom. The number of nitrogens with one attached hydrogen (secondary N) is 2. The van der Waals surface area contributed by atoms with Crippen LogP contribution in [-0.2, 0) is 0 Å². The number of thiocarbonyl (C=S) groups is 1. The zero-order valence-corrected chi connectivity index (χ0v) is 12.3. The fraction of sp³-hybridized carbons (Fsp3) is 0.933. The largest absolute Gasteiger partial charge is 0.360 e. The highest BCUT2D eigenvalue weighted by Crippen LogP contribution is 2.49. The molecule has 3 saturated carbocycles. The molecule has 3 rings (SSSR count). The summed E-state index contributed by atoms with van der Waals surface area (Å²) in [6, 6.07) is 1.19. The lowest BCUT2D eigenvalue weighted by Crippen LogP contribution is -2.47. The Kier molecular flexibility index (Phi) is 3.78. The summed E-state index contributed by atoms with van der Waals surface area (Å²) in [6.07, 6.45) is 11.2.